The van der Waals surface area contributed by atoms with Gasteiger partial charge in [-0.3, -0.25) is 4.79 Å². The van der Waals surface area contributed by atoms with Crippen LogP contribution in [0.15, 0.2) is 47.4 Å². The second kappa shape index (κ2) is 8.55. The topological polar surface area (TPSA) is 66.9 Å². The summed E-state index contributed by atoms with van der Waals surface area (Å²) in [6.07, 6.45) is 1.54. The Morgan fingerprint density at radius 2 is 1.83 bits per heavy atom. The summed E-state index contributed by atoms with van der Waals surface area (Å²) in [6.45, 7) is 4.54. The highest BCUT2D eigenvalue weighted by Gasteiger charge is 2.32. The fourth-order valence-electron chi connectivity index (χ4n) is 3.43. The fourth-order valence-corrected chi connectivity index (χ4v) is 4.38. The van der Waals surface area contributed by atoms with Crippen molar-refractivity contribution in [3.63, 3.8) is 0 Å². The second-order valence-electron chi connectivity index (χ2n) is 7.33. The van der Waals surface area contributed by atoms with Gasteiger partial charge in [0.25, 0.3) is 5.91 Å². The molecule has 0 saturated heterocycles. The van der Waals surface area contributed by atoms with Crippen LogP contribution < -0.4 is 9.64 Å². The van der Waals surface area contributed by atoms with E-state index in [-0.39, 0.29) is 10.8 Å². The molecule has 0 fully saturated rings. The van der Waals surface area contributed by atoms with Crippen molar-refractivity contribution in [3.8, 4) is 5.75 Å². The van der Waals surface area contributed by atoms with E-state index in [0.29, 0.717) is 25.1 Å². The maximum absolute atomic E-state index is 13.1. The first-order valence-electron chi connectivity index (χ1n) is 9.90. The normalized spacial score (nSPS) is 14.7. The van der Waals surface area contributed by atoms with Crippen LogP contribution in [0.5, 0.6) is 5.75 Å². The summed E-state index contributed by atoms with van der Waals surface area (Å²) in [4.78, 5) is 15.1. The van der Waals surface area contributed by atoms with Gasteiger partial charge in [-0.1, -0.05) is 26.0 Å². The quantitative estimate of drug-likeness (QED) is 0.695. The van der Waals surface area contributed by atoms with Crippen LogP contribution in [0.25, 0.3) is 0 Å². The van der Waals surface area contributed by atoms with E-state index in [9.17, 15) is 13.2 Å². The molecule has 29 heavy (non-hydrogen) atoms. The minimum Gasteiger partial charge on any atom is -0.481 e. The molecule has 1 unspecified atom stereocenters. The first-order chi connectivity index (χ1) is 13.8. The lowest BCUT2D eigenvalue weighted by atomic mass is 10.1. The van der Waals surface area contributed by atoms with Crippen LogP contribution in [0.2, 0.25) is 0 Å². The van der Waals surface area contributed by atoms with Gasteiger partial charge in [-0.2, -0.15) is 0 Å². The number of sulfonamides is 1. The molecule has 1 aliphatic heterocycles. The minimum atomic E-state index is -3.50. The Bertz CT molecular complexity index is 984. The number of hydrogen-bond donors (Lipinski definition) is 0. The standard InChI is InChI=1S/C22H28N2O4S/c1-5-16-7-9-18(10-8-16)28-21(6-2)22(25)24-14-13-17-15-19(11-12-20(17)24)29(26,27)23(3)4/h7-12,15,21H,5-6,13-14H2,1-4H3. The number of anilines is 1. The zero-order chi connectivity index (χ0) is 21.2. The Morgan fingerprint density at radius 3 is 2.41 bits per heavy atom. The molecule has 1 aliphatic rings. The predicted molar refractivity (Wildman–Crippen MR) is 114 cm³/mol. The van der Waals surface area contributed by atoms with Crippen LogP contribution in [-0.2, 0) is 27.7 Å². The van der Waals surface area contributed by atoms with Gasteiger partial charge in [0.15, 0.2) is 6.10 Å². The highest BCUT2D eigenvalue weighted by molar-refractivity contribution is 7.89. The van der Waals surface area contributed by atoms with E-state index in [2.05, 4.69) is 6.92 Å². The number of nitrogens with zero attached hydrogens (tertiary/aromatic N) is 2. The largest absolute Gasteiger partial charge is 0.481 e. The zero-order valence-electron chi connectivity index (χ0n) is 17.4. The lowest BCUT2D eigenvalue weighted by molar-refractivity contribution is -0.125. The third-order valence-electron chi connectivity index (χ3n) is 5.25. The van der Waals surface area contributed by atoms with Gasteiger partial charge < -0.3 is 9.64 Å². The van der Waals surface area contributed by atoms with E-state index in [4.69, 9.17) is 4.74 Å². The number of aryl methyl sites for hydroxylation is 1. The van der Waals surface area contributed by atoms with Crippen LogP contribution in [0.1, 0.15) is 31.4 Å². The summed E-state index contributed by atoms with van der Waals surface area (Å²) in [6, 6.07) is 12.7. The Kier molecular flexibility index (Phi) is 6.29. The van der Waals surface area contributed by atoms with Crippen molar-refractivity contribution in [1.82, 2.24) is 4.31 Å². The molecule has 0 saturated carbocycles. The summed E-state index contributed by atoms with van der Waals surface area (Å²) in [5.41, 5.74) is 2.84. The first kappa shape index (κ1) is 21.3. The maximum atomic E-state index is 13.1. The van der Waals surface area contributed by atoms with E-state index >= 15 is 0 Å². The minimum absolute atomic E-state index is 0.103. The molecule has 0 bridgehead atoms. The van der Waals surface area contributed by atoms with Crippen LogP contribution >= 0.6 is 0 Å². The number of carbonyl (C=O) groups is 1. The van der Waals surface area contributed by atoms with Gasteiger partial charge in [-0.05, 0) is 60.7 Å². The van der Waals surface area contributed by atoms with Crippen molar-refractivity contribution in [3.05, 3.63) is 53.6 Å². The molecular formula is C22H28N2O4S. The lowest BCUT2D eigenvalue weighted by Gasteiger charge is -2.24. The van der Waals surface area contributed by atoms with E-state index in [0.717, 1.165) is 17.7 Å². The summed E-state index contributed by atoms with van der Waals surface area (Å²) < 4.78 is 31.9. The van der Waals surface area contributed by atoms with Gasteiger partial charge in [-0.15, -0.1) is 0 Å². The number of benzene rings is 2. The Morgan fingerprint density at radius 1 is 1.14 bits per heavy atom. The van der Waals surface area contributed by atoms with Crippen LogP contribution in [0.4, 0.5) is 5.69 Å². The second-order valence-corrected chi connectivity index (χ2v) is 9.48. The van der Waals surface area contributed by atoms with Gasteiger partial charge >= 0.3 is 0 Å². The third kappa shape index (κ3) is 4.31. The maximum Gasteiger partial charge on any atom is 0.268 e. The molecule has 7 heteroatoms. The molecule has 0 N–H and O–H groups in total. The van der Waals surface area contributed by atoms with Crippen LogP contribution in [-0.4, -0.2) is 45.4 Å². The van der Waals surface area contributed by atoms with E-state index < -0.39 is 16.1 Å². The number of rotatable bonds is 7. The summed E-state index contributed by atoms with van der Waals surface area (Å²) in [7, 11) is -0.481. The van der Waals surface area contributed by atoms with E-state index in [1.165, 1.54) is 24.0 Å². The molecule has 0 radical (unpaired) electrons. The molecule has 2 aromatic rings. The van der Waals surface area contributed by atoms with Gasteiger partial charge in [0, 0.05) is 26.3 Å². The molecule has 3 rings (SSSR count). The van der Waals surface area contributed by atoms with Gasteiger partial charge in [-0.25, -0.2) is 12.7 Å². The number of amides is 1. The van der Waals surface area contributed by atoms with E-state index in [1.54, 1.807) is 23.1 Å². The Hall–Kier alpha value is -2.38. The molecule has 2 aromatic carbocycles. The molecule has 1 amide bonds. The van der Waals surface area contributed by atoms with Crippen molar-refractivity contribution in [2.75, 3.05) is 25.5 Å². The summed E-state index contributed by atoms with van der Waals surface area (Å²) >= 11 is 0. The number of hydrogen-bond acceptors (Lipinski definition) is 4. The highest BCUT2D eigenvalue weighted by atomic mass is 32.2. The van der Waals surface area contributed by atoms with Crippen LogP contribution in [0, 0.1) is 0 Å². The molecule has 0 aliphatic carbocycles. The average molecular weight is 417 g/mol. The summed E-state index contributed by atoms with van der Waals surface area (Å²) in [5.74, 6) is 0.572. The van der Waals surface area contributed by atoms with Crippen molar-refractivity contribution in [1.29, 1.82) is 0 Å². The number of ether oxygens (including phenoxy) is 1. The van der Waals surface area contributed by atoms with Gasteiger partial charge in [0.05, 0.1) is 4.90 Å². The molecule has 0 spiro atoms. The Balaban J connectivity index is 1.80. The fraction of sp³-hybridized carbons (Fsp3) is 0.409. The van der Waals surface area contributed by atoms with Crippen LogP contribution in [0.3, 0.4) is 0 Å². The van der Waals surface area contributed by atoms with Gasteiger partial charge in [0.1, 0.15) is 5.75 Å². The van der Waals surface area contributed by atoms with E-state index in [1.807, 2.05) is 31.2 Å². The first-order valence-corrected chi connectivity index (χ1v) is 11.3. The van der Waals surface area contributed by atoms with Crippen molar-refractivity contribution in [2.45, 2.75) is 44.1 Å². The molecule has 1 atom stereocenters. The molecule has 156 valence electrons. The molecule has 1 heterocycles. The Labute approximate surface area is 173 Å². The third-order valence-corrected chi connectivity index (χ3v) is 7.06. The molecule has 0 aromatic heterocycles. The number of fused-ring (bicyclic) bond motifs is 1. The van der Waals surface area contributed by atoms with Gasteiger partial charge in [0.2, 0.25) is 10.0 Å². The smallest absolute Gasteiger partial charge is 0.268 e. The SMILES string of the molecule is CCc1ccc(OC(CC)C(=O)N2CCc3cc(S(=O)(=O)N(C)C)ccc32)cc1. The van der Waals surface area contributed by atoms with Crippen molar-refractivity contribution < 1.29 is 17.9 Å². The average Bonchev–Trinajstić information content (AvgIpc) is 3.15. The summed E-state index contributed by atoms with van der Waals surface area (Å²) in [5, 5.41) is 0. The zero-order valence-corrected chi connectivity index (χ0v) is 18.2. The number of carbonyl (C=O) groups excluding carboxylic acids is 1. The molecular weight excluding hydrogens is 388 g/mol. The monoisotopic (exact) mass is 416 g/mol. The highest BCUT2D eigenvalue weighted by Crippen LogP contribution is 2.32. The van der Waals surface area contributed by atoms with Crippen molar-refractivity contribution in [2.24, 2.45) is 0 Å². The van der Waals surface area contributed by atoms with Crippen molar-refractivity contribution >= 4 is 21.6 Å². The predicted octanol–water partition coefficient (Wildman–Crippen LogP) is 3.25. The lowest BCUT2D eigenvalue weighted by Crippen LogP contribution is -2.41. The molecule has 6 nitrogen and oxygen atoms in total.